The van der Waals surface area contributed by atoms with E-state index in [0.29, 0.717) is 5.69 Å². The van der Waals surface area contributed by atoms with Gasteiger partial charge in [0.25, 0.3) is 0 Å². The van der Waals surface area contributed by atoms with E-state index in [4.69, 9.17) is 5.11 Å². The molecule has 0 aliphatic rings. The van der Waals surface area contributed by atoms with Crippen LogP contribution in [-0.4, -0.2) is 22.6 Å². The lowest BCUT2D eigenvalue weighted by atomic mass is 10.2. The summed E-state index contributed by atoms with van der Waals surface area (Å²) in [7, 11) is 0. The normalized spacial score (nSPS) is 10.7. The Bertz CT molecular complexity index is 548. The van der Waals surface area contributed by atoms with E-state index in [1.165, 1.54) is 0 Å². The highest BCUT2D eigenvalue weighted by Crippen LogP contribution is 2.27. The van der Waals surface area contributed by atoms with Crippen LogP contribution in [0, 0.1) is 13.8 Å². The van der Waals surface area contributed by atoms with Crippen LogP contribution in [0.5, 0.6) is 0 Å². The van der Waals surface area contributed by atoms with Crippen molar-refractivity contribution in [2.24, 2.45) is 0 Å². The van der Waals surface area contributed by atoms with Crippen LogP contribution in [0.4, 0.5) is 5.69 Å². The van der Waals surface area contributed by atoms with Gasteiger partial charge in [-0.1, -0.05) is 0 Å². The first-order valence-corrected chi connectivity index (χ1v) is 5.70. The molecule has 5 heteroatoms. The Morgan fingerprint density at radius 1 is 1.50 bits per heavy atom. The molecule has 0 atom stereocenters. The molecule has 2 aromatic rings. The van der Waals surface area contributed by atoms with Gasteiger partial charge in [0.1, 0.15) is 6.61 Å². The summed E-state index contributed by atoms with van der Waals surface area (Å²) in [4.78, 5) is 15.5. The smallest absolute Gasteiger partial charge is 0.250 e. The zero-order chi connectivity index (χ0) is 11.7. The van der Waals surface area contributed by atoms with Crippen molar-refractivity contribution in [3.05, 3.63) is 22.7 Å². The molecule has 1 aromatic heterocycles. The lowest BCUT2D eigenvalue weighted by molar-refractivity contribution is -0.118. The van der Waals surface area contributed by atoms with E-state index in [-0.39, 0.29) is 0 Å². The number of hydrogen-bond donors (Lipinski definition) is 2. The number of benzene rings is 1. The molecular formula is C11H12N2O2S. The Kier molecular flexibility index (Phi) is 2.89. The maximum absolute atomic E-state index is 11.1. The molecule has 84 valence electrons. The van der Waals surface area contributed by atoms with Crippen molar-refractivity contribution in [3.8, 4) is 0 Å². The van der Waals surface area contributed by atoms with Crippen LogP contribution in [0.3, 0.4) is 0 Å². The summed E-state index contributed by atoms with van der Waals surface area (Å²) < 4.78 is 1.05. The number of thiazole rings is 1. The van der Waals surface area contributed by atoms with Crippen molar-refractivity contribution in [1.29, 1.82) is 0 Å². The van der Waals surface area contributed by atoms with Crippen molar-refractivity contribution in [1.82, 2.24) is 4.98 Å². The standard InChI is InChI=1S/C11H12N2O2S/c1-6-3-8(13-10(15)5-14)4-9-11(6)12-7(2)16-9/h3-4,14H,5H2,1-2H3,(H,13,15). The predicted octanol–water partition coefficient (Wildman–Crippen LogP) is 1.84. The van der Waals surface area contributed by atoms with Gasteiger partial charge in [0, 0.05) is 5.69 Å². The molecular weight excluding hydrogens is 224 g/mol. The first-order chi connectivity index (χ1) is 7.60. The lowest BCUT2D eigenvalue weighted by Crippen LogP contribution is -2.15. The molecule has 0 aliphatic heterocycles. The molecule has 0 spiro atoms. The van der Waals surface area contributed by atoms with Crippen LogP contribution in [-0.2, 0) is 4.79 Å². The molecule has 0 aliphatic carbocycles. The van der Waals surface area contributed by atoms with Crippen molar-refractivity contribution < 1.29 is 9.90 Å². The number of aliphatic hydroxyl groups excluding tert-OH is 1. The van der Waals surface area contributed by atoms with Crippen LogP contribution >= 0.6 is 11.3 Å². The number of carbonyl (C=O) groups is 1. The van der Waals surface area contributed by atoms with E-state index in [0.717, 1.165) is 20.8 Å². The Morgan fingerprint density at radius 2 is 2.25 bits per heavy atom. The summed E-state index contributed by atoms with van der Waals surface area (Å²) >= 11 is 1.59. The number of nitrogens with zero attached hydrogens (tertiary/aromatic N) is 1. The molecule has 0 radical (unpaired) electrons. The van der Waals surface area contributed by atoms with Gasteiger partial charge in [-0.2, -0.15) is 0 Å². The molecule has 1 heterocycles. The van der Waals surface area contributed by atoms with E-state index in [1.807, 2.05) is 26.0 Å². The van der Waals surface area contributed by atoms with Crippen molar-refractivity contribution in [2.75, 3.05) is 11.9 Å². The number of carbonyl (C=O) groups excluding carboxylic acids is 1. The quantitative estimate of drug-likeness (QED) is 0.836. The number of hydrogen-bond acceptors (Lipinski definition) is 4. The topological polar surface area (TPSA) is 62.2 Å². The summed E-state index contributed by atoms with van der Waals surface area (Å²) in [5.74, 6) is -0.403. The van der Waals surface area contributed by atoms with E-state index < -0.39 is 12.5 Å². The Morgan fingerprint density at radius 3 is 2.94 bits per heavy atom. The summed E-state index contributed by atoms with van der Waals surface area (Å²) in [6, 6.07) is 3.73. The van der Waals surface area contributed by atoms with E-state index >= 15 is 0 Å². The van der Waals surface area contributed by atoms with Crippen LogP contribution in [0.2, 0.25) is 0 Å². The van der Waals surface area contributed by atoms with Gasteiger partial charge in [-0.25, -0.2) is 4.98 Å². The zero-order valence-corrected chi connectivity index (χ0v) is 9.89. The monoisotopic (exact) mass is 236 g/mol. The molecule has 4 nitrogen and oxygen atoms in total. The second-order valence-corrected chi connectivity index (χ2v) is 4.81. The molecule has 2 rings (SSSR count). The largest absolute Gasteiger partial charge is 0.387 e. The van der Waals surface area contributed by atoms with Crippen LogP contribution in [0.25, 0.3) is 10.2 Å². The molecule has 1 amide bonds. The average Bonchev–Trinajstić information content (AvgIpc) is 2.59. The zero-order valence-electron chi connectivity index (χ0n) is 9.07. The van der Waals surface area contributed by atoms with Gasteiger partial charge in [0.15, 0.2) is 0 Å². The summed E-state index contributed by atoms with van der Waals surface area (Å²) in [6.07, 6.45) is 0. The van der Waals surface area contributed by atoms with Gasteiger partial charge in [0.2, 0.25) is 5.91 Å². The number of fused-ring (bicyclic) bond motifs is 1. The Labute approximate surface area is 96.9 Å². The third-order valence-corrected chi connectivity index (χ3v) is 3.14. The maximum Gasteiger partial charge on any atom is 0.250 e. The van der Waals surface area contributed by atoms with Gasteiger partial charge < -0.3 is 10.4 Å². The number of nitrogens with one attached hydrogen (secondary N) is 1. The minimum absolute atomic E-state index is 0.403. The fourth-order valence-electron chi connectivity index (χ4n) is 1.58. The van der Waals surface area contributed by atoms with Crippen molar-refractivity contribution in [2.45, 2.75) is 13.8 Å². The highest BCUT2D eigenvalue weighted by atomic mass is 32.1. The van der Waals surface area contributed by atoms with Crippen LogP contribution in [0.1, 0.15) is 10.6 Å². The molecule has 0 saturated carbocycles. The number of aromatic nitrogens is 1. The van der Waals surface area contributed by atoms with Gasteiger partial charge in [-0.3, -0.25) is 4.79 Å². The molecule has 0 bridgehead atoms. The number of amides is 1. The van der Waals surface area contributed by atoms with Gasteiger partial charge in [-0.15, -0.1) is 11.3 Å². The summed E-state index contributed by atoms with van der Waals surface area (Å²) in [6.45, 7) is 3.41. The van der Waals surface area contributed by atoms with Gasteiger partial charge >= 0.3 is 0 Å². The van der Waals surface area contributed by atoms with E-state index in [1.54, 1.807) is 11.3 Å². The Hall–Kier alpha value is -1.46. The minimum Gasteiger partial charge on any atom is -0.387 e. The minimum atomic E-state index is -0.501. The summed E-state index contributed by atoms with van der Waals surface area (Å²) in [5, 5.41) is 12.3. The van der Waals surface area contributed by atoms with Gasteiger partial charge in [0.05, 0.1) is 15.2 Å². The molecule has 0 fully saturated rings. The molecule has 16 heavy (non-hydrogen) atoms. The number of aryl methyl sites for hydroxylation is 2. The second kappa shape index (κ2) is 4.19. The SMILES string of the molecule is Cc1nc2c(C)cc(NC(=O)CO)cc2s1. The Balaban J connectivity index is 2.45. The summed E-state index contributed by atoms with van der Waals surface area (Å²) in [5.41, 5.74) is 2.70. The van der Waals surface area contributed by atoms with Crippen molar-refractivity contribution in [3.63, 3.8) is 0 Å². The highest BCUT2D eigenvalue weighted by molar-refractivity contribution is 7.18. The van der Waals surface area contributed by atoms with Crippen LogP contribution < -0.4 is 5.32 Å². The average molecular weight is 236 g/mol. The van der Waals surface area contributed by atoms with E-state index in [9.17, 15) is 4.79 Å². The molecule has 0 saturated heterocycles. The van der Waals surface area contributed by atoms with E-state index in [2.05, 4.69) is 10.3 Å². The first-order valence-electron chi connectivity index (χ1n) is 4.88. The number of anilines is 1. The maximum atomic E-state index is 11.1. The van der Waals surface area contributed by atoms with Gasteiger partial charge in [-0.05, 0) is 31.5 Å². The number of aliphatic hydroxyl groups is 1. The fraction of sp³-hybridized carbons (Fsp3) is 0.273. The fourth-order valence-corrected chi connectivity index (χ4v) is 2.52. The third kappa shape index (κ3) is 2.05. The van der Waals surface area contributed by atoms with Crippen LogP contribution in [0.15, 0.2) is 12.1 Å². The highest BCUT2D eigenvalue weighted by Gasteiger charge is 2.07. The molecule has 1 aromatic carbocycles. The second-order valence-electron chi connectivity index (χ2n) is 3.58. The molecule has 0 unspecified atom stereocenters. The first kappa shape index (κ1) is 11.0. The lowest BCUT2D eigenvalue weighted by Gasteiger charge is -2.04. The van der Waals surface area contributed by atoms with Crippen molar-refractivity contribution >= 4 is 33.1 Å². The third-order valence-electron chi connectivity index (χ3n) is 2.22. The predicted molar refractivity (Wildman–Crippen MR) is 64.8 cm³/mol. The number of rotatable bonds is 2. The molecule has 2 N–H and O–H groups in total.